The van der Waals surface area contributed by atoms with E-state index < -0.39 is 17.6 Å². The molecule has 0 unspecified atom stereocenters. The van der Waals surface area contributed by atoms with E-state index in [2.05, 4.69) is 5.32 Å². The van der Waals surface area contributed by atoms with Gasteiger partial charge in [0, 0.05) is 11.3 Å². The molecule has 0 aliphatic carbocycles. The van der Waals surface area contributed by atoms with E-state index in [0.717, 1.165) is 0 Å². The normalized spacial score (nSPS) is 11.3. The summed E-state index contributed by atoms with van der Waals surface area (Å²) in [6.45, 7) is 1.65. The van der Waals surface area contributed by atoms with Crippen molar-refractivity contribution in [1.29, 1.82) is 0 Å². The van der Waals surface area contributed by atoms with Crippen molar-refractivity contribution in [1.82, 2.24) is 0 Å². The Morgan fingerprint density at radius 1 is 1.27 bits per heavy atom. The Morgan fingerprint density at radius 3 is 2.55 bits per heavy atom. The van der Waals surface area contributed by atoms with Crippen LogP contribution in [0.3, 0.4) is 0 Å². The van der Waals surface area contributed by atoms with Gasteiger partial charge < -0.3 is 20.6 Å². The van der Waals surface area contributed by atoms with Gasteiger partial charge >= 0.3 is 5.97 Å². The van der Waals surface area contributed by atoms with Crippen LogP contribution < -0.4 is 5.32 Å². The summed E-state index contributed by atoms with van der Waals surface area (Å²) in [6.07, 6.45) is 0. The molecule has 2 aromatic carbocycles. The van der Waals surface area contributed by atoms with Crippen molar-refractivity contribution in [3.63, 3.8) is 0 Å². The lowest BCUT2D eigenvalue weighted by Gasteiger charge is -2.22. The van der Waals surface area contributed by atoms with Crippen LogP contribution in [0.15, 0.2) is 36.4 Å². The van der Waals surface area contributed by atoms with Gasteiger partial charge in [-0.1, -0.05) is 29.3 Å². The average molecular weight is 326 g/mol. The molecule has 0 aromatic heterocycles. The topological polar surface area (TPSA) is 89.8 Å². The number of hydrogen-bond donors (Lipinski definition) is 4. The largest absolute Gasteiger partial charge is 0.477 e. The summed E-state index contributed by atoms with van der Waals surface area (Å²) in [7, 11) is 0. The van der Waals surface area contributed by atoms with Gasteiger partial charge in [-0.05, 0) is 31.2 Å². The predicted molar refractivity (Wildman–Crippen MR) is 79.6 cm³/mol. The molecule has 4 N–H and O–H groups in total. The Hall–Kier alpha value is -2.15. The number of nitrogens with one attached hydrogen (secondary N) is 1. The van der Waals surface area contributed by atoms with Crippen LogP contribution in [0.4, 0.5) is 15.8 Å². The number of para-hydroxylation sites is 1. The van der Waals surface area contributed by atoms with Crippen LogP contribution >= 0.6 is 11.6 Å². The Bertz CT molecular complexity index is 713. The van der Waals surface area contributed by atoms with Gasteiger partial charge in [0.05, 0.1) is 10.7 Å². The molecule has 0 saturated carbocycles. The lowest BCUT2D eigenvalue weighted by molar-refractivity contribution is -0.207. The highest BCUT2D eigenvalue weighted by molar-refractivity contribution is 6.33. The van der Waals surface area contributed by atoms with Crippen molar-refractivity contribution in [2.24, 2.45) is 0 Å². The zero-order valence-corrected chi connectivity index (χ0v) is 12.2. The maximum atomic E-state index is 13.8. The number of anilines is 2. The molecule has 0 aliphatic heterocycles. The fourth-order valence-corrected chi connectivity index (χ4v) is 2.13. The molecule has 0 atom stereocenters. The number of aliphatic hydroxyl groups is 2. The molecular formula is C15H13ClFNO4. The first-order valence-corrected chi connectivity index (χ1v) is 6.61. The molecule has 22 heavy (non-hydrogen) atoms. The smallest absolute Gasteiger partial charge is 0.369 e. The second-order valence-electron chi connectivity index (χ2n) is 4.75. The van der Waals surface area contributed by atoms with E-state index in [1.807, 2.05) is 0 Å². The summed E-state index contributed by atoms with van der Waals surface area (Å²) in [6, 6.07) is 8.34. The van der Waals surface area contributed by atoms with E-state index in [-0.39, 0.29) is 22.0 Å². The van der Waals surface area contributed by atoms with E-state index in [1.54, 1.807) is 13.0 Å². The van der Waals surface area contributed by atoms with Crippen LogP contribution in [-0.4, -0.2) is 21.3 Å². The van der Waals surface area contributed by atoms with Crippen LogP contribution in [0.1, 0.15) is 11.1 Å². The highest BCUT2D eigenvalue weighted by Gasteiger charge is 2.38. The average Bonchev–Trinajstić information content (AvgIpc) is 2.44. The number of carboxylic acid groups (broad SMARTS) is 1. The lowest BCUT2D eigenvalue weighted by atomic mass is 10.0. The maximum absolute atomic E-state index is 13.8. The van der Waals surface area contributed by atoms with Gasteiger partial charge in [0.2, 0.25) is 0 Å². The zero-order chi connectivity index (χ0) is 16.5. The Morgan fingerprint density at radius 2 is 1.95 bits per heavy atom. The number of aliphatic carboxylic acids is 1. The Balaban J connectivity index is 2.55. The lowest BCUT2D eigenvalue weighted by Crippen LogP contribution is -2.35. The number of carboxylic acids is 1. The molecule has 0 aliphatic rings. The quantitative estimate of drug-likeness (QED) is 0.649. The fourth-order valence-electron chi connectivity index (χ4n) is 1.92. The second-order valence-corrected chi connectivity index (χ2v) is 5.16. The van der Waals surface area contributed by atoms with Gasteiger partial charge in [-0.15, -0.1) is 0 Å². The van der Waals surface area contributed by atoms with Gasteiger partial charge in [-0.2, -0.15) is 0 Å². The number of hydrogen-bond acceptors (Lipinski definition) is 4. The molecule has 0 fully saturated rings. The molecule has 116 valence electrons. The molecule has 2 rings (SSSR count). The highest BCUT2D eigenvalue weighted by Crippen LogP contribution is 2.33. The first kappa shape index (κ1) is 16.2. The first-order chi connectivity index (χ1) is 10.2. The fraction of sp³-hybridized carbons (Fsp3) is 0.133. The summed E-state index contributed by atoms with van der Waals surface area (Å²) in [5.74, 6) is -5.62. The van der Waals surface area contributed by atoms with Crippen LogP contribution in [0.25, 0.3) is 0 Å². The highest BCUT2D eigenvalue weighted by atomic mass is 35.5. The van der Waals surface area contributed by atoms with Gasteiger partial charge in [0.15, 0.2) is 0 Å². The van der Waals surface area contributed by atoms with Crippen molar-refractivity contribution < 1.29 is 24.5 Å². The molecule has 0 heterocycles. The number of halogens is 2. The van der Waals surface area contributed by atoms with Crippen molar-refractivity contribution in [2.75, 3.05) is 5.32 Å². The molecule has 0 bridgehead atoms. The Kier molecular flexibility index (Phi) is 4.37. The number of rotatable bonds is 4. The van der Waals surface area contributed by atoms with Gasteiger partial charge in [-0.3, -0.25) is 0 Å². The van der Waals surface area contributed by atoms with Crippen molar-refractivity contribution in [3.8, 4) is 0 Å². The summed E-state index contributed by atoms with van der Waals surface area (Å²) >= 11 is 5.90. The summed E-state index contributed by atoms with van der Waals surface area (Å²) in [5, 5.41) is 31.2. The van der Waals surface area contributed by atoms with Gasteiger partial charge in [-0.25, -0.2) is 9.18 Å². The second kappa shape index (κ2) is 5.92. The molecule has 2 aromatic rings. The molecule has 0 amide bonds. The molecule has 5 nitrogen and oxygen atoms in total. The van der Waals surface area contributed by atoms with Crippen LogP contribution in [-0.2, 0) is 10.6 Å². The van der Waals surface area contributed by atoms with Gasteiger partial charge in [0.25, 0.3) is 5.79 Å². The van der Waals surface area contributed by atoms with Crippen molar-refractivity contribution in [2.45, 2.75) is 12.7 Å². The van der Waals surface area contributed by atoms with Crippen molar-refractivity contribution >= 4 is 28.9 Å². The van der Waals surface area contributed by atoms with Crippen LogP contribution in [0, 0.1) is 12.7 Å². The van der Waals surface area contributed by atoms with Crippen molar-refractivity contribution in [3.05, 3.63) is 58.4 Å². The number of benzene rings is 2. The summed E-state index contributed by atoms with van der Waals surface area (Å²) in [4.78, 5) is 11.0. The third-order valence-corrected chi connectivity index (χ3v) is 3.39. The predicted octanol–water partition coefficient (Wildman–Crippen LogP) is 2.75. The summed E-state index contributed by atoms with van der Waals surface area (Å²) < 4.78 is 13.8. The monoisotopic (exact) mass is 325 g/mol. The maximum Gasteiger partial charge on any atom is 0.369 e. The van der Waals surface area contributed by atoms with E-state index >= 15 is 0 Å². The molecule has 7 heteroatoms. The third kappa shape index (κ3) is 3.04. The van der Waals surface area contributed by atoms with E-state index in [9.17, 15) is 19.4 Å². The third-order valence-electron chi connectivity index (χ3n) is 3.07. The van der Waals surface area contributed by atoms with Crippen LogP contribution in [0.2, 0.25) is 5.02 Å². The van der Waals surface area contributed by atoms with E-state index in [4.69, 9.17) is 16.7 Å². The zero-order valence-electron chi connectivity index (χ0n) is 11.5. The molecule has 0 radical (unpaired) electrons. The van der Waals surface area contributed by atoms with Crippen LogP contribution in [0.5, 0.6) is 0 Å². The number of aryl methyl sites for hydroxylation is 1. The van der Waals surface area contributed by atoms with E-state index in [0.29, 0.717) is 5.56 Å². The molecule has 0 spiro atoms. The molecule has 0 saturated heterocycles. The Labute approximate surface area is 130 Å². The van der Waals surface area contributed by atoms with Gasteiger partial charge in [0.1, 0.15) is 5.82 Å². The molecular weight excluding hydrogens is 313 g/mol. The standard InChI is InChI=1S/C15H13ClFNO4/c1-8-5-6-12(9(7-8)15(21,22)14(19)20)18-13-10(16)3-2-4-11(13)17/h2-7,18,21-22H,1H3,(H,19,20). The summed E-state index contributed by atoms with van der Waals surface area (Å²) in [5.41, 5.74) is 0.216. The first-order valence-electron chi connectivity index (χ1n) is 6.23. The minimum Gasteiger partial charge on any atom is -0.477 e. The minimum atomic E-state index is -3.12. The SMILES string of the molecule is Cc1ccc(Nc2c(F)cccc2Cl)c(C(O)(O)C(=O)O)c1. The van der Waals surface area contributed by atoms with E-state index in [1.165, 1.54) is 30.3 Å². The number of carbonyl (C=O) groups is 1. The minimum absolute atomic E-state index is 0.0185.